The normalized spacial score (nSPS) is 17.2. The largest absolute Gasteiger partial charge is 0.460 e. The highest BCUT2D eigenvalue weighted by molar-refractivity contribution is 5.77. The molecule has 1 unspecified atom stereocenters. The van der Waals surface area contributed by atoms with E-state index in [1.165, 1.54) is 18.2 Å². The molecule has 19 heavy (non-hydrogen) atoms. The number of hydrogen-bond donors (Lipinski definition) is 1. The number of nitrogens with zero attached hydrogens (tertiary/aromatic N) is 1. The highest BCUT2D eigenvalue weighted by Gasteiger charge is 2.28. The van der Waals surface area contributed by atoms with Crippen LogP contribution < -0.4 is 5.32 Å². The first-order valence-corrected chi connectivity index (χ1v) is 7.14. The van der Waals surface area contributed by atoms with E-state index >= 15 is 0 Å². The molecule has 1 aliphatic rings. The van der Waals surface area contributed by atoms with E-state index in [4.69, 9.17) is 4.42 Å². The Kier molecular flexibility index (Phi) is 3.58. The summed E-state index contributed by atoms with van der Waals surface area (Å²) >= 11 is 0. The van der Waals surface area contributed by atoms with Crippen LogP contribution in [0.3, 0.4) is 0 Å². The van der Waals surface area contributed by atoms with Crippen molar-refractivity contribution in [1.82, 2.24) is 10.2 Å². The number of likely N-dealkylation sites (N-methyl/N-ethyl adjacent to an activating group) is 1. The van der Waals surface area contributed by atoms with Crippen LogP contribution >= 0.6 is 0 Å². The van der Waals surface area contributed by atoms with Gasteiger partial charge < -0.3 is 9.73 Å². The Morgan fingerprint density at radius 3 is 2.89 bits per heavy atom. The zero-order chi connectivity index (χ0) is 13.2. The molecule has 1 aliphatic carbocycles. The third-order valence-corrected chi connectivity index (χ3v) is 4.03. The average Bonchev–Trinajstić information content (AvgIpc) is 3.17. The van der Waals surface area contributed by atoms with E-state index in [9.17, 15) is 0 Å². The highest BCUT2D eigenvalue weighted by atomic mass is 16.3. The minimum atomic E-state index is 0.580. The van der Waals surface area contributed by atoms with Gasteiger partial charge in [-0.25, -0.2) is 0 Å². The average molecular weight is 258 g/mol. The molecule has 1 aromatic carbocycles. The molecule has 3 nitrogen and oxygen atoms in total. The zero-order valence-electron chi connectivity index (χ0n) is 11.7. The van der Waals surface area contributed by atoms with Gasteiger partial charge in [-0.05, 0) is 38.9 Å². The second-order valence-electron chi connectivity index (χ2n) is 5.63. The number of furan rings is 1. The maximum atomic E-state index is 5.79. The Morgan fingerprint density at radius 2 is 2.16 bits per heavy atom. The molecular weight excluding hydrogens is 236 g/mol. The lowest BCUT2D eigenvalue weighted by Crippen LogP contribution is -2.38. The molecule has 3 rings (SSSR count). The molecule has 3 heteroatoms. The van der Waals surface area contributed by atoms with Crippen molar-refractivity contribution < 1.29 is 4.42 Å². The third kappa shape index (κ3) is 2.99. The summed E-state index contributed by atoms with van der Waals surface area (Å²) in [5, 5.41) is 4.67. The predicted octanol–water partition coefficient (Wildman–Crippen LogP) is 3.01. The van der Waals surface area contributed by atoms with E-state index in [1.807, 2.05) is 18.2 Å². The van der Waals surface area contributed by atoms with E-state index in [2.05, 4.69) is 36.3 Å². The Balaban J connectivity index is 1.51. The lowest BCUT2D eigenvalue weighted by Gasteiger charge is -2.24. The number of rotatable bonds is 6. The van der Waals surface area contributed by atoms with Gasteiger partial charge in [-0.15, -0.1) is 0 Å². The van der Waals surface area contributed by atoms with Crippen LogP contribution in [0.15, 0.2) is 34.7 Å². The Hall–Kier alpha value is -1.32. The molecule has 1 fully saturated rings. The number of hydrogen-bond acceptors (Lipinski definition) is 3. The number of para-hydroxylation sites is 1. The van der Waals surface area contributed by atoms with Crippen molar-refractivity contribution in [2.24, 2.45) is 0 Å². The molecule has 0 bridgehead atoms. The highest BCUT2D eigenvalue weighted by Crippen LogP contribution is 2.26. The summed E-state index contributed by atoms with van der Waals surface area (Å²) < 4.78 is 5.79. The third-order valence-electron chi connectivity index (χ3n) is 4.03. The molecule has 1 heterocycles. The molecule has 1 aromatic heterocycles. The molecule has 0 saturated heterocycles. The van der Waals surface area contributed by atoms with Gasteiger partial charge in [0.25, 0.3) is 0 Å². The van der Waals surface area contributed by atoms with Gasteiger partial charge in [0.1, 0.15) is 11.3 Å². The lowest BCUT2D eigenvalue weighted by molar-refractivity contribution is 0.240. The number of fused-ring (bicyclic) bond motifs is 1. The molecule has 0 spiro atoms. The first-order valence-electron chi connectivity index (χ1n) is 7.14. The van der Waals surface area contributed by atoms with Crippen LogP contribution in [0.2, 0.25) is 0 Å². The Bertz CT molecular complexity index is 511. The summed E-state index contributed by atoms with van der Waals surface area (Å²) in [6, 6.07) is 11.7. The van der Waals surface area contributed by atoms with Crippen LogP contribution in [0.1, 0.15) is 25.5 Å². The fourth-order valence-corrected chi connectivity index (χ4v) is 2.51. The minimum Gasteiger partial charge on any atom is -0.460 e. The first kappa shape index (κ1) is 12.7. The van der Waals surface area contributed by atoms with Gasteiger partial charge in [-0.3, -0.25) is 4.90 Å². The van der Waals surface area contributed by atoms with Crippen LogP contribution in [0.4, 0.5) is 0 Å². The molecule has 1 N–H and O–H groups in total. The van der Waals surface area contributed by atoms with Crippen molar-refractivity contribution in [2.45, 2.75) is 38.4 Å². The summed E-state index contributed by atoms with van der Waals surface area (Å²) in [4.78, 5) is 2.48. The fraction of sp³-hybridized carbons (Fsp3) is 0.500. The molecule has 1 atom stereocenters. The minimum absolute atomic E-state index is 0.580. The van der Waals surface area contributed by atoms with E-state index in [-0.39, 0.29) is 0 Å². The van der Waals surface area contributed by atoms with Crippen molar-refractivity contribution in [2.75, 3.05) is 13.6 Å². The van der Waals surface area contributed by atoms with Crippen molar-refractivity contribution in [3.63, 3.8) is 0 Å². The standard InChI is InChI=1S/C16H22N2O/c1-12(18(2)14-7-8-14)10-17-11-15-9-13-5-3-4-6-16(13)19-15/h3-6,9,12,14,17H,7-8,10-11H2,1-2H3. The van der Waals surface area contributed by atoms with E-state index in [0.29, 0.717) is 6.04 Å². The second-order valence-corrected chi connectivity index (χ2v) is 5.63. The van der Waals surface area contributed by atoms with Crippen LogP contribution in [-0.4, -0.2) is 30.6 Å². The SMILES string of the molecule is CC(CNCc1cc2ccccc2o1)N(C)C1CC1. The van der Waals surface area contributed by atoms with E-state index in [0.717, 1.165) is 30.5 Å². The molecule has 2 aromatic rings. The molecule has 0 aliphatic heterocycles. The van der Waals surface area contributed by atoms with Gasteiger partial charge in [0, 0.05) is 24.0 Å². The molecule has 102 valence electrons. The number of benzene rings is 1. The molecule has 0 amide bonds. The maximum Gasteiger partial charge on any atom is 0.134 e. The van der Waals surface area contributed by atoms with Gasteiger partial charge in [0.05, 0.1) is 6.54 Å². The topological polar surface area (TPSA) is 28.4 Å². The molecular formula is C16H22N2O. The summed E-state index contributed by atoms with van der Waals surface area (Å²) in [7, 11) is 2.23. The summed E-state index contributed by atoms with van der Waals surface area (Å²) in [6.07, 6.45) is 2.73. The van der Waals surface area contributed by atoms with Crippen molar-refractivity contribution in [1.29, 1.82) is 0 Å². The van der Waals surface area contributed by atoms with Crippen molar-refractivity contribution in [3.05, 3.63) is 36.1 Å². The first-order chi connectivity index (χ1) is 9.24. The van der Waals surface area contributed by atoms with Crippen LogP contribution in [0.5, 0.6) is 0 Å². The van der Waals surface area contributed by atoms with Gasteiger partial charge in [0.2, 0.25) is 0 Å². The summed E-state index contributed by atoms with van der Waals surface area (Å²) in [5.74, 6) is 1.02. The van der Waals surface area contributed by atoms with Crippen LogP contribution in [0.25, 0.3) is 11.0 Å². The van der Waals surface area contributed by atoms with Gasteiger partial charge in [-0.2, -0.15) is 0 Å². The van der Waals surface area contributed by atoms with Crippen LogP contribution in [-0.2, 0) is 6.54 Å². The Morgan fingerprint density at radius 1 is 1.37 bits per heavy atom. The summed E-state index contributed by atoms with van der Waals surface area (Å²) in [5.41, 5.74) is 0.974. The lowest BCUT2D eigenvalue weighted by atomic mass is 10.2. The smallest absolute Gasteiger partial charge is 0.134 e. The quantitative estimate of drug-likeness (QED) is 0.863. The number of nitrogens with one attached hydrogen (secondary N) is 1. The second kappa shape index (κ2) is 5.35. The van der Waals surface area contributed by atoms with Gasteiger partial charge in [-0.1, -0.05) is 18.2 Å². The fourth-order valence-electron chi connectivity index (χ4n) is 2.51. The predicted molar refractivity (Wildman–Crippen MR) is 78.2 cm³/mol. The van der Waals surface area contributed by atoms with Gasteiger partial charge in [0.15, 0.2) is 0 Å². The Labute approximate surface area is 114 Å². The van der Waals surface area contributed by atoms with E-state index in [1.54, 1.807) is 0 Å². The summed E-state index contributed by atoms with van der Waals surface area (Å²) in [6.45, 7) is 4.09. The van der Waals surface area contributed by atoms with Crippen molar-refractivity contribution in [3.8, 4) is 0 Å². The zero-order valence-corrected chi connectivity index (χ0v) is 11.7. The monoisotopic (exact) mass is 258 g/mol. The van der Waals surface area contributed by atoms with Crippen molar-refractivity contribution >= 4 is 11.0 Å². The molecule has 0 radical (unpaired) electrons. The molecule has 1 saturated carbocycles. The maximum absolute atomic E-state index is 5.79. The van der Waals surface area contributed by atoms with E-state index < -0.39 is 0 Å². The van der Waals surface area contributed by atoms with Crippen LogP contribution in [0, 0.1) is 0 Å². The van der Waals surface area contributed by atoms with Gasteiger partial charge >= 0.3 is 0 Å².